The van der Waals surface area contributed by atoms with Crippen molar-refractivity contribution in [3.8, 4) is 11.1 Å². The zero-order valence-corrected chi connectivity index (χ0v) is 19.0. The van der Waals surface area contributed by atoms with Gasteiger partial charge < -0.3 is 5.32 Å². The van der Waals surface area contributed by atoms with E-state index in [1.807, 2.05) is 19.1 Å². The number of piperidine rings is 1. The lowest BCUT2D eigenvalue weighted by Crippen LogP contribution is -2.47. The van der Waals surface area contributed by atoms with E-state index in [4.69, 9.17) is 11.6 Å². The number of likely N-dealkylation sites (tertiary alicyclic amines) is 1. The fourth-order valence-electron chi connectivity index (χ4n) is 4.22. The third kappa shape index (κ3) is 5.96. The highest BCUT2D eigenvalue weighted by molar-refractivity contribution is 6.31. The molecule has 32 heavy (non-hydrogen) atoms. The van der Waals surface area contributed by atoms with Crippen molar-refractivity contribution in [3.63, 3.8) is 0 Å². The molecule has 5 heteroatoms. The largest absolute Gasteiger partial charge is 0.352 e. The maximum Gasteiger partial charge on any atom is 0.224 e. The molecule has 1 fully saturated rings. The minimum absolute atomic E-state index is 0.00966. The van der Waals surface area contributed by atoms with Crippen molar-refractivity contribution in [1.29, 1.82) is 0 Å². The average Bonchev–Trinajstić information content (AvgIpc) is 2.78. The Hall–Kier alpha value is -2.69. The molecule has 1 atom stereocenters. The molecule has 3 nitrogen and oxygen atoms in total. The van der Waals surface area contributed by atoms with Gasteiger partial charge in [-0.25, -0.2) is 4.39 Å². The Balaban J connectivity index is 1.31. The van der Waals surface area contributed by atoms with Gasteiger partial charge in [-0.15, -0.1) is 0 Å². The second kappa shape index (κ2) is 10.3. The van der Waals surface area contributed by atoms with E-state index in [-0.39, 0.29) is 24.2 Å². The van der Waals surface area contributed by atoms with Crippen molar-refractivity contribution >= 4 is 17.5 Å². The predicted molar refractivity (Wildman–Crippen MR) is 128 cm³/mol. The highest BCUT2D eigenvalue weighted by Crippen LogP contribution is 2.26. The molecule has 3 aromatic rings. The summed E-state index contributed by atoms with van der Waals surface area (Å²) in [5.41, 5.74) is 5.43. The molecule has 1 amide bonds. The van der Waals surface area contributed by atoms with Gasteiger partial charge in [-0.1, -0.05) is 60.1 Å². The van der Waals surface area contributed by atoms with E-state index < -0.39 is 0 Å². The van der Waals surface area contributed by atoms with Crippen LogP contribution in [-0.4, -0.2) is 29.9 Å². The predicted octanol–water partition coefficient (Wildman–Crippen LogP) is 5.78. The van der Waals surface area contributed by atoms with Crippen LogP contribution in [0.4, 0.5) is 4.39 Å². The van der Waals surface area contributed by atoms with Gasteiger partial charge in [-0.2, -0.15) is 0 Å². The third-order valence-corrected chi connectivity index (χ3v) is 6.42. The minimum atomic E-state index is -0.284. The Morgan fingerprint density at radius 1 is 1.03 bits per heavy atom. The normalized spacial score (nSPS) is 16.7. The number of aryl methyl sites for hydroxylation is 1. The van der Waals surface area contributed by atoms with Crippen molar-refractivity contribution in [2.45, 2.75) is 38.8 Å². The first kappa shape index (κ1) is 22.5. The molecule has 0 saturated carbocycles. The number of nitrogens with zero attached hydrogens (tertiary/aromatic N) is 1. The summed E-state index contributed by atoms with van der Waals surface area (Å²) >= 11 is 6.27. The smallest absolute Gasteiger partial charge is 0.224 e. The van der Waals surface area contributed by atoms with Crippen LogP contribution in [0.15, 0.2) is 66.7 Å². The van der Waals surface area contributed by atoms with Gasteiger partial charge in [-0.3, -0.25) is 9.69 Å². The Labute approximate surface area is 194 Å². The van der Waals surface area contributed by atoms with Gasteiger partial charge in [0, 0.05) is 24.2 Å². The number of halogens is 2. The maximum atomic E-state index is 13.0. The lowest BCUT2D eigenvalue weighted by Gasteiger charge is -2.33. The molecule has 1 heterocycles. The zero-order valence-electron chi connectivity index (χ0n) is 18.3. The summed E-state index contributed by atoms with van der Waals surface area (Å²) < 4.78 is 13.0. The van der Waals surface area contributed by atoms with E-state index in [0.717, 1.165) is 59.8 Å². The van der Waals surface area contributed by atoms with Crippen LogP contribution >= 0.6 is 11.6 Å². The molecule has 4 rings (SSSR count). The fourth-order valence-corrected chi connectivity index (χ4v) is 4.40. The van der Waals surface area contributed by atoms with Crippen LogP contribution in [0.3, 0.4) is 0 Å². The maximum absolute atomic E-state index is 13.0. The zero-order chi connectivity index (χ0) is 22.5. The first-order valence-corrected chi connectivity index (χ1v) is 11.5. The van der Waals surface area contributed by atoms with Crippen molar-refractivity contribution in [2.75, 3.05) is 13.1 Å². The quantitative estimate of drug-likeness (QED) is 0.516. The Bertz CT molecular complexity index is 1070. The average molecular weight is 451 g/mol. The number of hydrogen-bond donors (Lipinski definition) is 1. The molecule has 1 aliphatic heterocycles. The standard InChI is InChI=1S/C27H28ClFN2O/c1-19-4-9-23(16-26(19)28)22-10-5-21(6-11-22)17-31-14-2-3-25(18-31)30-27(32)15-20-7-12-24(29)13-8-20/h4-13,16,25H,2-3,14-15,17-18H2,1H3,(H,30,32). The summed E-state index contributed by atoms with van der Waals surface area (Å²) in [5, 5.41) is 3.94. The monoisotopic (exact) mass is 450 g/mol. The summed E-state index contributed by atoms with van der Waals surface area (Å²) in [7, 11) is 0. The van der Waals surface area contributed by atoms with Crippen molar-refractivity contribution in [2.24, 2.45) is 0 Å². The molecular weight excluding hydrogens is 423 g/mol. The van der Waals surface area contributed by atoms with E-state index >= 15 is 0 Å². The number of carbonyl (C=O) groups is 1. The molecule has 0 radical (unpaired) electrons. The lowest BCUT2D eigenvalue weighted by molar-refractivity contribution is -0.121. The van der Waals surface area contributed by atoms with Gasteiger partial charge in [0.05, 0.1) is 6.42 Å². The van der Waals surface area contributed by atoms with Crippen LogP contribution in [0.25, 0.3) is 11.1 Å². The van der Waals surface area contributed by atoms with Crippen molar-refractivity contribution in [1.82, 2.24) is 10.2 Å². The number of benzene rings is 3. The van der Waals surface area contributed by atoms with E-state index in [0.29, 0.717) is 0 Å². The van der Waals surface area contributed by atoms with Crippen LogP contribution in [0.2, 0.25) is 5.02 Å². The minimum Gasteiger partial charge on any atom is -0.352 e. The van der Waals surface area contributed by atoms with Crippen LogP contribution < -0.4 is 5.32 Å². The third-order valence-electron chi connectivity index (χ3n) is 6.01. The number of carbonyl (C=O) groups excluding carboxylic acids is 1. The number of amides is 1. The topological polar surface area (TPSA) is 32.3 Å². The van der Waals surface area contributed by atoms with E-state index in [1.165, 1.54) is 17.7 Å². The van der Waals surface area contributed by atoms with Gasteiger partial charge in [0.1, 0.15) is 5.82 Å². The van der Waals surface area contributed by atoms with Gasteiger partial charge in [-0.05, 0) is 72.3 Å². The van der Waals surface area contributed by atoms with Gasteiger partial charge >= 0.3 is 0 Å². The van der Waals surface area contributed by atoms with Crippen LogP contribution in [0.1, 0.15) is 29.5 Å². The first-order chi connectivity index (χ1) is 15.5. The molecule has 166 valence electrons. The molecule has 0 bridgehead atoms. The Morgan fingerprint density at radius 3 is 2.44 bits per heavy atom. The lowest BCUT2D eigenvalue weighted by atomic mass is 10.0. The molecule has 1 saturated heterocycles. The molecule has 1 N–H and O–H groups in total. The van der Waals surface area contributed by atoms with Gasteiger partial charge in [0.15, 0.2) is 0 Å². The molecule has 3 aromatic carbocycles. The summed E-state index contributed by atoms with van der Waals surface area (Å²) in [6.07, 6.45) is 2.32. The van der Waals surface area contributed by atoms with E-state index in [9.17, 15) is 9.18 Å². The molecule has 0 aliphatic carbocycles. The summed E-state index contributed by atoms with van der Waals surface area (Å²) in [5.74, 6) is -0.294. The second-order valence-corrected chi connectivity index (χ2v) is 9.01. The Kier molecular flexibility index (Phi) is 7.23. The van der Waals surface area contributed by atoms with Gasteiger partial charge in [0.2, 0.25) is 5.91 Å². The molecular formula is C27H28ClFN2O. The fraction of sp³-hybridized carbons (Fsp3) is 0.296. The van der Waals surface area contributed by atoms with Crippen molar-refractivity contribution in [3.05, 3.63) is 94.3 Å². The number of nitrogens with one attached hydrogen (secondary N) is 1. The SMILES string of the molecule is Cc1ccc(-c2ccc(CN3CCCC(NC(=O)Cc4ccc(F)cc4)C3)cc2)cc1Cl. The highest BCUT2D eigenvalue weighted by atomic mass is 35.5. The van der Waals surface area contributed by atoms with Gasteiger partial charge in [0.25, 0.3) is 0 Å². The summed E-state index contributed by atoms with van der Waals surface area (Å²) in [6, 6.07) is 21.0. The van der Waals surface area contributed by atoms with E-state index in [1.54, 1.807) is 12.1 Å². The molecule has 0 aromatic heterocycles. The number of rotatable bonds is 6. The second-order valence-electron chi connectivity index (χ2n) is 8.61. The Morgan fingerprint density at radius 2 is 1.72 bits per heavy atom. The summed E-state index contributed by atoms with van der Waals surface area (Å²) in [4.78, 5) is 14.8. The van der Waals surface area contributed by atoms with Crippen LogP contribution in [0.5, 0.6) is 0 Å². The molecule has 1 aliphatic rings. The van der Waals surface area contributed by atoms with E-state index in [2.05, 4.69) is 40.5 Å². The molecule has 1 unspecified atom stereocenters. The van der Waals surface area contributed by atoms with Crippen LogP contribution in [0, 0.1) is 12.7 Å². The van der Waals surface area contributed by atoms with Crippen LogP contribution in [-0.2, 0) is 17.8 Å². The van der Waals surface area contributed by atoms with Crippen molar-refractivity contribution < 1.29 is 9.18 Å². The molecule has 0 spiro atoms. The highest BCUT2D eigenvalue weighted by Gasteiger charge is 2.21. The number of hydrogen-bond acceptors (Lipinski definition) is 2. The summed E-state index contributed by atoms with van der Waals surface area (Å²) in [6.45, 7) is 4.73. The first-order valence-electron chi connectivity index (χ1n) is 11.1.